The van der Waals surface area contributed by atoms with Crippen molar-refractivity contribution >= 4 is 88.7 Å². The lowest BCUT2D eigenvalue weighted by Crippen LogP contribution is -2.61. The van der Waals surface area contributed by atoms with Crippen LogP contribution >= 0.6 is 11.8 Å². The topological polar surface area (TPSA) is 469 Å². The first-order valence-corrected chi connectivity index (χ1v) is 30.4. The Morgan fingerprint density at radius 3 is 1.24 bits per heavy atom. The minimum atomic E-state index is -1.92. The largest absolute Gasteiger partial charge is 0.481 e. The first-order valence-electron chi connectivity index (χ1n) is 29.0. The van der Waals surface area contributed by atoms with Gasteiger partial charge in [0.15, 0.2) is 0 Å². The van der Waals surface area contributed by atoms with Gasteiger partial charge in [-0.25, -0.2) is 4.79 Å². The zero-order valence-corrected chi connectivity index (χ0v) is 51.0. The molecule has 0 saturated heterocycles. The maximum Gasteiger partial charge on any atom is 0.326 e. The predicted octanol–water partition coefficient (Wildman–Crippen LogP) is -1.35. The molecule has 10 amide bonds. The summed E-state index contributed by atoms with van der Waals surface area (Å²) in [6.07, 6.45) is -0.384. The number of primary amides is 1. The molecular formula is C60H84N12O16S. The summed E-state index contributed by atoms with van der Waals surface area (Å²) >= 11 is 1.48. The lowest BCUT2D eigenvalue weighted by molar-refractivity contribution is -0.147. The van der Waals surface area contributed by atoms with Crippen molar-refractivity contribution in [3.8, 4) is 0 Å². The van der Waals surface area contributed by atoms with Crippen LogP contribution in [0.1, 0.15) is 95.2 Å². The van der Waals surface area contributed by atoms with Crippen molar-refractivity contribution in [2.75, 3.05) is 18.6 Å². The molecule has 0 aromatic heterocycles. The highest BCUT2D eigenvalue weighted by atomic mass is 32.2. The Bertz CT molecular complexity index is 2870. The Morgan fingerprint density at radius 2 is 0.820 bits per heavy atom. The predicted molar refractivity (Wildman–Crippen MR) is 327 cm³/mol. The number of nitrogens with one attached hydrogen (secondary N) is 9. The van der Waals surface area contributed by atoms with Crippen molar-refractivity contribution in [2.24, 2.45) is 23.1 Å². The summed E-state index contributed by atoms with van der Waals surface area (Å²) in [6.45, 7) is 4.76. The van der Waals surface area contributed by atoms with Gasteiger partial charge in [0.1, 0.15) is 54.4 Å². The number of benzene rings is 3. The zero-order chi connectivity index (χ0) is 66.2. The summed E-state index contributed by atoms with van der Waals surface area (Å²) in [5.41, 5.74) is 18.7. The van der Waals surface area contributed by atoms with Gasteiger partial charge in [0.05, 0.1) is 12.5 Å². The maximum atomic E-state index is 14.5. The Hall–Kier alpha value is -8.96. The quantitative estimate of drug-likeness (QED) is 0.0292. The van der Waals surface area contributed by atoms with Crippen LogP contribution in [0.15, 0.2) is 91.0 Å². The normalized spacial score (nSPS) is 14.4. The number of hydrogen-bond acceptors (Lipinski definition) is 16. The van der Waals surface area contributed by atoms with E-state index < -0.39 is 163 Å². The number of unbranched alkanes of at least 4 members (excludes halogenated alkanes) is 1. The van der Waals surface area contributed by atoms with Crippen molar-refractivity contribution in [1.82, 2.24) is 47.9 Å². The van der Waals surface area contributed by atoms with E-state index in [9.17, 15) is 77.6 Å². The highest BCUT2D eigenvalue weighted by Crippen LogP contribution is 2.13. The summed E-state index contributed by atoms with van der Waals surface area (Å²) in [5.74, 6) is -13.8. The summed E-state index contributed by atoms with van der Waals surface area (Å²) in [5, 5.41) is 51.3. The first-order chi connectivity index (χ1) is 42.2. The number of carboxylic acids is 3. The van der Waals surface area contributed by atoms with E-state index in [4.69, 9.17) is 17.2 Å². The Balaban J connectivity index is 1.93. The number of aliphatic carboxylic acids is 3. The third-order valence-corrected chi connectivity index (χ3v) is 14.5. The van der Waals surface area contributed by atoms with Crippen LogP contribution in [-0.2, 0) is 81.6 Å². The summed E-state index contributed by atoms with van der Waals surface area (Å²) < 4.78 is 0. The molecule has 0 unspecified atom stereocenters. The van der Waals surface area contributed by atoms with E-state index in [0.29, 0.717) is 48.3 Å². The van der Waals surface area contributed by atoms with E-state index in [0.717, 1.165) is 0 Å². The molecular weight excluding hydrogens is 1180 g/mol. The smallest absolute Gasteiger partial charge is 0.326 e. The fraction of sp³-hybridized carbons (Fsp3) is 0.483. The van der Waals surface area contributed by atoms with Gasteiger partial charge in [-0.3, -0.25) is 57.5 Å². The minimum absolute atomic E-state index is 0.125. The molecule has 0 aliphatic rings. The van der Waals surface area contributed by atoms with Crippen molar-refractivity contribution in [2.45, 2.75) is 158 Å². The fourth-order valence-corrected chi connectivity index (χ4v) is 9.37. The molecule has 3 aromatic rings. The molecule has 0 saturated carbocycles. The molecule has 18 N–H and O–H groups in total. The molecule has 29 heteroatoms. The number of hydrogen-bond donors (Lipinski definition) is 15. The van der Waals surface area contributed by atoms with Gasteiger partial charge in [-0.1, -0.05) is 105 Å². The summed E-state index contributed by atoms with van der Waals surface area (Å²) in [7, 11) is 0. The monoisotopic (exact) mass is 1260 g/mol. The van der Waals surface area contributed by atoms with Crippen LogP contribution < -0.4 is 65.1 Å². The second-order valence-corrected chi connectivity index (χ2v) is 22.5. The van der Waals surface area contributed by atoms with Gasteiger partial charge in [0.2, 0.25) is 59.1 Å². The molecule has 3 aromatic carbocycles. The Labute approximate surface area is 519 Å². The van der Waals surface area contributed by atoms with Crippen molar-refractivity contribution in [1.29, 1.82) is 0 Å². The molecule has 10 atom stereocenters. The molecule has 0 heterocycles. The number of nitrogens with two attached hydrogens (primary N) is 3. The summed E-state index contributed by atoms with van der Waals surface area (Å²) in [4.78, 5) is 173. The number of rotatable bonds is 41. The van der Waals surface area contributed by atoms with E-state index in [1.54, 1.807) is 105 Å². The van der Waals surface area contributed by atoms with Crippen molar-refractivity contribution in [3.63, 3.8) is 0 Å². The Morgan fingerprint density at radius 1 is 0.438 bits per heavy atom. The maximum absolute atomic E-state index is 14.5. The van der Waals surface area contributed by atoms with Crippen LogP contribution in [0.5, 0.6) is 0 Å². The molecule has 0 spiro atoms. The van der Waals surface area contributed by atoms with Gasteiger partial charge in [0.25, 0.3) is 0 Å². The standard InChI is InChI=1S/C60H84N12O16S/c1-34(2)50(59(86)70-44(31-37-18-10-6-11-19-37)56(83)67-42(24-26-48(74)75)55(82)69-43(30-36-16-8-5-9-17-36)57(84)71-46(60(87)88)33-49(76)77)72-58(85)45(32-38-20-12-7-13-21-38)68-51(78)35(3)64-53(80)41(23-25-47(63)73)66-54(81)40(22-14-15-28-61)65-52(79)39(62)27-29-89-4/h5-13,16-21,34-35,39-46,50H,14-15,22-33,61-62H2,1-4H3,(H2,63,73)(H,64,80)(H,65,79)(H,66,81)(H,67,83)(H,68,78)(H,69,82)(H,70,86)(H,71,84)(H,72,85)(H,74,75)(H,76,77)(H,87,88)/t35-,39-,40-,41-,42-,43-,44-,45-,46-,50-/m0/s1. The van der Waals surface area contributed by atoms with Gasteiger partial charge in [-0.15, -0.1) is 0 Å². The van der Waals surface area contributed by atoms with E-state index in [2.05, 4.69) is 47.9 Å². The summed E-state index contributed by atoms with van der Waals surface area (Å²) in [6, 6.07) is 10.2. The fourth-order valence-electron chi connectivity index (χ4n) is 8.88. The lowest BCUT2D eigenvalue weighted by Gasteiger charge is -2.29. The molecule has 0 aliphatic carbocycles. The number of carboxylic acid groups (broad SMARTS) is 3. The number of carbonyl (C=O) groups excluding carboxylic acids is 10. The van der Waals surface area contributed by atoms with Gasteiger partial charge in [0, 0.05) is 32.1 Å². The molecule has 89 heavy (non-hydrogen) atoms. The van der Waals surface area contributed by atoms with Gasteiger partial charge in [-0.2, -0.15) is 11.8 Å². The molecule has 0 bridgehead atoms. The van der Waals surface area contributed by atoms with Crippen LogP contribution in [0.3, 0.4) is 0 Å². The van der Waals surface area contributed by atoms with Crippen LogP contribution in [0.4, 0.5) is 0 Å². The molecule has 3 rings (SSSR count). The zero-order valence-electron chi connectivity index (χ0n) is 50.2. The minimum Gasteiger partial charge on any atom is -0.481 e. The highest BCUT2D eigenvalue weighted by Gasteiger charge is 2.37. The van der Waals surface area contributed by atoms with Gasteiger partial charge < -0.3 is 80.4 Å². The van der Waals surface area contributed by atoms with Crippen LogP contribution in [0.2, 0.25) is 0 Å². The number of thioether (sulfide) groups is 1. The van der Waals surface area contributed by atoms with Gasteiger partial charge >= 0.3 is 17.9 Å². The average molecular weight is 1260 g/mol. The third kappa shape index (κ3) is 27.7. The lowest BCUT2D eigenvalue weighted by atomic mass is 9.99. The average Bonchev–Trinajstić information content (AvgIpc) is 3.39. The number of carbonyl (C=O) groups is 13. The van der Waals surface area contributed by atoms with Crippen LogP contribution in [-0.4, -0.2) is 171 Å². The molecule has 0 radical (unpaired) electrons. The van der Waals surface area contributed by atoms with E-state index in [1.807, 2.05) is 6.26 Å². The molecule has 28 nitrogen and oxygen atoms in total. The first kappa shape index (κ1) is 74.3. The highest BCUT2D eigenvalue weighted by molar-refractivity contribution is 7.98. The van der Waals surface area contributed by atoms with E-state index in [1.165, 1.54) is 18.7 Å². The van der Waals surface area contributed by atoms with Crippen molar-refractivity contribution in [3.05, 3.63) is 108 Å². The third-order valence-electron chi connectivity index (χ3n) is 13.9. The van der Waals surface area contributed by atoms with Gasteiger partial charge in [-0.05, 0) is 86.6 Å². The van der Waals surface area contributed by atoms with E-state index >= 15 is 0 Å². The molecule has 0 aliphatic heterocycles. The van der Waals surface area contributed by atoms with Crippen molar-refractivity contribution < 1.29 is 77.6 Å². The second-order valence-electron chi connectivity index (χ2n) is 21.5. The SMILES string of the molecule is CSCC[C@H](N)C(=O)N[C@@H](CCCCN)C(=O)N[C@@H](CCC(N)=O)C(=O)N[C@@H](C)C(=O)N[C@@H](Cc1ccccc1)C(=O)N[C@H](C(=O)N[C@@H](Cc1ccccc1)C(=O)N[C@@H](CCC(=O)O)C(=O)N[C@@H](Cc1ccccc1)C(=O)N[C@@H](CC(=O)O)C(=O)O)C(C)C. The number of amides is 10. The Kier molecular flexibility index (Phi) is 32.6. The molecule has 486 valence electrons. The van der Waals surface area contributed by atoms with E-state index in [-0.39, 0.29) is 38.5 Å². The van der Waals surface area contributed by atoms with Crippen LogP contribution in [0.25, 0.3) is 0 Å². The molecule has 0 fully saturated rings. The van der Waals surface area contributed by atoms with Crippen LogP contribution in [0, 0.1) is 5.92 Å². The second kappa shape index (κ2) is 39.0.